The van der Waals surface area contributed by atoms with Gasteiger partial charge in [0, 0.05) is 28.1 Å². The summed E-state index contributed by atoms with van der Waals surface area (Å²) in [6.07, 6.45) is 0.238. The lowest BCUT2D eigenvalue weighted by atomic mass is 10.1. The number of ketones is 1. The van der Waals surface area contributed by atoms with Crippen LogP contribution in [0, 0.1) is 0 Å². The van der Waals surface area contributed by atoms with Crippen LogP contribution in [0.5, 0.6) is 0 Å². The lowest BCUT2D eigenvalue weighted by Crippen LogP contribution is -2.03. The van der Waals surface area contributed by atoms with Gasteiger partial charge < -0.3 is 0 Å². The molecule has 0 amide bonds. The summed E-state index contributed by atoms with van der Waals surface area (Å²) >= 11 is 8.49. The van der Waals surface area contributed by atoms with Crippen molar-refractivity contribution >= 4 is 45.1 Å². The Kier molecular flexibility index (Phi) is 6.01. The van der Waals surface area contributed by atoms with Gasteiger partial charge in [0.05, 0.1) is 0 Å². The molecule has 0 aromatic heterocycles. The summed E-state index contributed by atoms with van der Waals surface area (Å²) < 4.78 is 36.9. The van der Waals surface area contributed by atoms with Crippen molar-refractivity contribution in [3.63, 3.8) is 0 Å². The van der Waals surface area contributed by atoms with Gasteiger partial charge >= 0.3 is 5.51 Å². The van der Waals surface area contributed by atoms with E-state index in [1.807, 2.05) is 0 Å². The summed E-state index contributed by atoms with van der Waals surface area (Å²) in [5.74, 6) is -0.135. The number of hydrogen-bond acceptors (Lipinski definition) is 2. The summed E-state index contributed by atoms with van der Waals surface area (Å²) in [5, 5.41) is 0.471. The van der Waals surface area contributed by atoms with Crippen molar-refractivity contribution in [1.82, 2.24) is 0 Å². The molecule has 0 bridgehead atoms. The Balaban J connectivity index is 3.05. The van der Waals surface area contributed by atoms with Crippen LogP contribution in [0.4, 0.5) is 13.2 Å². The molecule has 1 aromatic rings. The van der Waals surface area contributed by atoms with E-state index in [1.165, 1.54) is 18.2 Å². The highest BCUT2D eigenvalue weighted by molar-refractivity contribution is 9.09. The average Bonchev–Trinajstić information content (AvgIpc) is 2.26. The first kappa shape index (κ1) is 15.9. The summed E-state index contributed by atoms with van der Waals surface area (Å²) in [5.41, 5.74) is -3.61. The average molecular weight is 362 g/mol. The molecule has 0 spiro atoms. The number of carbonyl (C=O) groups is 1. The maximum atomic E-state index is 12.3. The lowest BCUT2D eigenvalue weighted by Gasteiger charge is -2.09. The molecule has 0 saturated heterocycles. The maximum absolute atomic E-state index is 12.3. The summed E-state index contributed by atoms with van der Waals surface area (Å²) in [6, 6.07) is 4.12. The number of Topliss-reactive ketones (excluding diaryl/α,β-unsaturated/α-hetero) is 1. The molecule has 0 aliphatic rings. The van der Waals surface area contributed by atoms with Crippen molar-refractivity contribution in [2.45, 2.75) is 22.7 Å². The van der Waals surface area contributed by atoms with Crippen molar-refractivity contribution in [2.75, 3.05) is 5.33 Å². The van der Waals surface area contributed by atoms with E-state index in [0.717, 1.165) is 0 Å². The van der Waals surface area contributed by atoms with E-state index in [2.05, 4.69) is 15.9 Å². The van der Waals surface area contributed by atoms with Crippen LogP contribution in [0.2, 0.25) is 0 Å². The molecule has 0 saturated carbocycles. The minimum absolute atomic E-state index is 0.0152. The molecule has 0 atom stereocenters. The molecule has 0 aliphatic heterocycles. The van der Waals surface area contributed by atoms with Crippen LogP contribution in [0.15, 0.2) is 23.1 Å². The largest absolute Gasteiger partial charge is 0.446 e. The fourth-order valence-electron chi connectivity index (χ4n) is 1.32. The van der Waals surface area contributed by atoms with Crippen LogP contribution in [-0.4, -0.2) is 16.6 Å². The Labute approximate surface area is 120 Å². The third kappa shape index (κ3) is 5.20. The minimum Gasteiger partial charge on any atom is -0.294 e. The molecular weight excluding hydrogens is 353 g/mol. The van der Waals surface area contributed by atoms with Crippen molar-refractivity contribution in [2.24, 2.45) is 0 Å². The first-order chi connectivity index (χ1) is 8.35. The van der Waals surface area contributed by atoms with Crippen molar-refractivity contribution in [1.29, 1.82) is 0 Å². The SMILES string of the molecule is O=C(CCBr)c1cc(CCl)cc(SC(F)(F)F)c1. The molecule has 0 N–H and O–H groups in total. The van der Waals surface area contributed by atoms with Gasteiger partial charge in [0.1, 0.15) is 0 Å². The third-order valence-electron chi connectivity index (χ3n) is 2.00. The van der Waals surface area contributed by atoms with E-state index in [-0.39, 0.29) is 40.3 Å². The van der Waals surface area contributed by atoms with E-state index in [9.17, 15) is 18.0 Å². The van der Waals surface area contributed by atoms with E-state index in [0.29, 0.717) is 10.9 Å². The molecule has 0 fully saturated rings. The highest BCUT2D eigenvalue weighted by Crippen LogP contribution is 2.37. The van der Waals surface area contributed by atoms with Crippen LogP contribution in [0.25, 0.3) is 0 Å². The highest BCUT2D eigenvalue weighted by atomic mass is 79.9. The zero-order chi connectivity index (χ0) is 13.8. The molecule has 0 aliphatic carbocycles. The van der Waals surface area contributed by atoms with Gasteiger partial charge in [0.25, 0.3) is 0 Å². The maximum Gasteiger partial charge on any atom is 0.446 e. The number of halogens is 5. The van der Waals surface area contributed by atoms with Crippen LogP contribution < -0.4 is 0 Å². The van der Waals surface area contributed by atoms with Crippen LogP contribution in [-0.2, 0) is 5.88 Å². The Bertz CT molecular complexity index is 437. The molecule has 7 heteroatoms. The van der Waals surface area contributed by atoms with Gasteiger partial charge in [0.15, 0.2) is 5.78 Å². The molecule has 1 rings (SSSR count). The van der Waals surface area contributed by atoms with Crippen LogP contribution in [0.3, 0.4) is 0 Å². The molecule has 0 heterocycles. The Morgan fingerprint density at radius 1 is 1.33 bits per heavy atom. The number of hydrogen-bond donors (Lipinski definition) is 0. The van der Waals surface area contributed by atoms with Gasteiger partial charge in [-0.05, 0) is 35.5 Å². The van der Waals surface area contributed by atoms with Gasteiger partial charge in [-0.25, -0.2) is 0 Å². The van der Waals surface area contributed by atoms with Gasteiger partial charge in [0.2, 0.25) is 0 Å². The Morgan fingerprint density at radius 2 is 2.00 bits per heavy atom. The van der Waals surface area contributed by atoms with Crippen LogP contribution in [0.1, 0.15) is 22.3 Å². The minimum atomic E-state index is -4.37. The molecule has 0 radical (unpaired) electrons. The zero-order valence-electron chi connectivity index (χ0n) is 9.06. The number of rotatable bonds is 5. The lowest BCUT2D eigenvalue weighted by molar-refractivity contribution is -0.0328. The smallest absolute Gasteiger partial charge is 0.294 e. The highest BCUT2D eigenvalue weighted by Gasteiger charge is 2.29. The molecular formula is C11H9BrClF3OS. The van der Waals surface area contributed by atoms with E-state index >= 15 is 0 Å². The van der Waals surface area contributed by atoms with E-state index < -0.39 is 5.51 Å². The Hall–Kier alpha value is -0.200. The fourth-order valence-corrected chi connectivity index (χ4v) is 2.50. The summed E-state index contributed by atoms with van der Waals surface area (Å²) in [4.78, 5) is 11.7. The van der Waals surface area contributed by atoms with Crippen molar-refractivity contribution in [3.8, 4) is 0 Å². The molecule has 0 unspecified atom stereocenters. The molecule has 1 nitrogen and oxygen atoms in total. The number of alkyl halides is 5. The van der Waals surface area contributed by atoms with Crippen molar-refractivity contribution in [3.05, 3.63) is 29.3 Å². The van der Waals surface area contributed by atoms with Gasteiger partial charge in [-0.1, -0.05) is 15.9 Å². The van der Waals surface area contributed by atoms with Gasteiger partial charge in [-0.2, -0.15) is 13.2 Å². The monoisotopic (exact) mass is 360 g/mol. The first-order valence-corrected chi connectivity index (χ1v) is 7.38. The summed E-state index contributed by atoms with van der Waals surface area (Å²) in [6.45, 7) is 0. The molecule has 1 aromatic carbocycles. The topological polar surface area (TPSA) is 17.1 Å². The quantitative estimate of drug-likeness (QED) is 0.417. The second-order valence-corrected chi connectivity index (χ2v) is 5.61. The number of thioether (sulfide) groups is 1. The third-order valence-corrected chi connectivity index (χ3v) is 3.41. The molecule has 100 valence electrons. The predicted molar refractivity (Wildman–Crippen MR) is 70.7 cm³/mol. The van der Waals surface area contributed by atoms with Gasteiger partial charge in [-0.3, -0.25) is 4.79 Å². The van der Waals surface area contributed by atoms with Crippen molar-refractivity contribution < 1.29 is 18.0 Å². The standard InChI is InChI=1S/C11H9BrClF3OS/c12-2-1-10(17)8-3-7(6-13)4-9(5-8)18-11(14,15)16/h3-5H,1-2,6H2. The fraction of sp³-hybridized carbons (Fsp3) is 0.364. The van der Waals surface area contributed by atoms with E-state index in [4.69, 9.17) is 11.6 Å². The normalized spacial score (nSPS) is 11.6. The second-order valence-electron chi connectivity index (χ2n) is 3.41. The first-order valence-electron chi connectivity index (χ1n) is 4.90. The molecule has 18 heavy (non-hydrogen) atoms. The second kappa shape index (κ2) is 6.82. The number of carbonyl (C=O) groups excluding carboxylic acids is 1. The van der Waals surface area contributed by atoms with Gasteiger partial charge in [-0.15, -0.1) is 11.6 Å². The van der Waals surface area contributed by atoms with Crippen LogP contribution >= 0.6 is 39.3 Å². The number of benzene rings is 1. The summed E-state index contributed by atoms with van der Waals surface area (Å²) in [7, 11) is 0. The van der Waals surface area contributed by atoms with E-state index in [1.54, 1.807) is 0 Å². The Morgan fingerprint density at radius 3 is 2.50 bits per heavy atom. The zero-order valence-corrected chi connectivity index (χ0v) is 12.2. The predicted octanol–water partition coefficient (Wildman–Crippen LogP) is 5.01.